The first-order chi connectivity index (χ1) is 19.3. The second kappa shape index (κ2) is 11.1. The van der Waals surface area contributed by atoms with Crippen LogP contribution in [0.25, 0.3) is 45.4 Å². The summed E-state index contributed by atoms with van der Waals surface area (Å²) in [6.45, 7) is 4.33. The molecule has 0 saturated heterocycles. The molecule has 1 heterocycles. The first-order valence-electron chi connectivity index (χ1n) is 13.0. The molecule has 39 heavy (non-hydrogen) atoms. The van der Waals surface area contributed by atoms with Crippen LogP contribution in [0.4, 0.5) is 0 Å². The van der Waals surface area contributed by atoms with Crippen LogP contribution in [-0.2, 0) is 6.61 Å². The van der Waals surface area contributed by atoms with E-state index in [9.17, 15) is 0 Å². The van der Waals surface area contributed by atoms with Gasteiger partial charge in [-0.05, 0) is 41.0 Å². The Balaban J connectivity index is 1.44. The highest BCUT2D eigenvalue weighted by Crippen LogP contribution is 2.41. The molecule has 0 aliphatic rings. The van der Waals surface area contributed by atoms with Crippen molar-refractivity contribution in [1.82, 2.24) is 9.78 Å². The molecule has 0 spiro atoms. The number of rotatable bonds is 8. The summed E-state index contributed by atoms with van der Waals surface area (Å²) in [5, 5.41) is 5.19. The molecule has 0 amide bonds. The maximum atomic E-state index is 6.11. The van der Waals surface area contributed by atoms with Gasteiger partial charge in [0.1, 0.15) is 18.1 Å². The molecule has 6 rings (SSSR count). The Morgan fingerprint density at radius 1 is 0.615 bits per heavy atom. The third-order valence-corrected chi connectivity index (χ3v) is 6.74. The number of ether oxygens (including phenoxy) is 1. The predicted octanol–water partition coefficient (Wildman–Crippen LogP) is 9.10. The van der Waals surface area contributed by atoms with Crippen LogP contribution in [0, 0.1) is 0 Å². The van der Waals surface area contributed by atoms with Gasteiger partial charge in [-0.25, -0.2) is 4.68 Å². The van der Waals surface area contributed by atoms with Crippen molar-refractivity contribution in [3.05, 3.63) is 157 Å². The van der Waals surface area contributed by atoms with E-state index in [4.69, 9.17) is 9.84 Å². The summed E-state index contributed by atoms with van der Waals surface area (Å²) in [5.74, 6) is 0.824. The van der Waals surface area contributed by atoms with Gasteiger partial charge in [0.15, 0.2) is 0 Å². The van der Waals surface area contributed by atoms with Crippen LogP contribution < -0.4 is 4.74 Å². The number of nitrogens with zero attached hydrogens (tertiary/aromatic N) is 2. The Bertz CT molecular complexity index is 1670. The van der Waals surface area contributed by atoms with E-state index in [2.05, 4.69) is 108 Å². The van der Waals surface area contributed by atoms with Gasteiger partial charge in [-0.3, -0.25) is 0 Å². The van der Waals surface area contributed by atoms with Crippen molar-refractivity contribution in [2.45, 2.75) is 6.61 Å². The molecule has 3 nitrogen and oxygen atoms in total. The van der Waals surface area contributed by atoms with Crippen molar-refractivity contribution in [3.63, 3.8) is 0 Å². The molecular weight excluding hydrogens is 476 g/mol. The molecule has 0 radical (unpaired) electrons. The zero-order valence-electron chi connectivity index (χ0n) is 21.6. The van der Waals surface area contributed by atoms with Gasteiger partial charge >= 0.3 is 0 Å². The second-order valence-corrected chi connectivity index (χ2v) is 9.31. The van der Waals surface area contributed by atoms with Crippen LogP contribution in [0.1, 0.15) is 11.1 Å². The summed E-state index contributed by atoms with van der Waals surface area (Å²) < 4.78 is 8.17. The maximum absolute atomic E-state index is 6.11. The van der Waals surface area contributed by atoms with E-state index < -0.39 is 0 Å². The summed E-state index contributed by atoms with van der Waals surface area (Å²) in [7, 11) is 0. The van der Waals surface area contributed by atoms with Gasteiger partial charge in [-0.15, -0.1) is 0 Å². The summed E-state index contributed by atoms with van der Waals surface area (Å²) in [6.07, 6.45) is 1.84. The van der Waals surface area contributed by atoms with E-state index in [1.807, 2.05) is 48.5 Å². The molecule has 0 aliphatic heterocycles. The average Bonchev–Trinajstić information content (AvgIpc) is 3.43. The fraction of sp³-hybridized carbons (Fsp3) is 0.0278. The standard InChI is InChI=1S/C36H28N2O/c1-2-27-18-20-28(21-19-27)26-39-33-24-22-29(23-25-33)34-35(30-12-6-3-7-13-30)37-38(32-16-10-5-11-17-32)36(34)31-14-8-4-9-15-31/h2-25H,1,26H2. The van der Waals surface area contributed by atoms with E-state index in [1.165, 1.54) is 0 Å². The molecule has 0 saturated carbocycles. The first kappa shape index (κ1) is 24.2. The molecule has 0 bridgehead atoms. The molecule has 5 aromatic carbocycles. The van der Waals surface area contributed by atoms with Crippen molar-refractivity contribution >= 4 is 6.08 Å². The van der Waals surface area contributed by atoms with Crippen LogP contribution in [0.15, 0.2) is 146 Å². The Labute approximate surface area is 229 Å². The van der Waals surface area contributed by atoms with Crippen LogP contribution >= 0.6 is 0 Å². The number of hydrogen-bond donors (Lipinski definition) is 0. The van der Waals surface area contributed by atoms with Crippen LogP contribution in [0.5, 0.6) is 5.75 Å². The molecule has 0 fully saturated rings. The largest absolute Gasteiger partial charge is 0.489 e. The SMILES string of the molecule is C=Cc1ccc(COc2ccc(-c3c(-c4ccccc4)nn(-c4ccccc4)c3-c3ccccc3)cc2)cc1. The quantitative estimate of drug-likeness (QED) is 0.207. The maximum Gasteiger partial charge on any atom is 0.119 e. The Morgan fingerprint density at radius 2 is 1.21 bits per heavy atom. The average molecular weight is 505 g/mol. The normalized spacial score (nSPS) is 10.8. The van der Waals surface area contributed by atoms with Gasteiger partial charge in [-0.1, -0.05) is 128 Å². The van der Waals surface area contributed by atoms with Gasteiger partial charge in [0.25, 0.3) is 0 Å². The number of aromatic nitrogens is 2. The monoisotopic (exact) mass is 504 g/mol. The molecule has 0 unspecified atom stereocenters. The van der Waals surface area contributed by atoms with Crippen LogP contribution in [0.3, 0.4) is 0 Å². The lowest BCUT2D eigenvalue weighted by Gasteiger charge is -2.12. The zero-order chi connectivity index (χ0) is 26.4. The second-order valence-electron chi connectivity index (χ2n) is 9.31. The summed E-state index contributed by atoms with van der Waals surface area (Å²) in [4.78, 5) is 0. The minimum Gasteiger partial charge on any atom is -0.489 e. The van der Waals surface area contributed by atoms with Crippen LogP contribution in [0.2, 0.25) is 0 Å². The summed E-state index contributed by atoms with van der Waals surface area (Å²) in [5.41, 5.74) is 9.57. The number of benzene rings is 5. The van der Waals surface area contributed by atoms with E-state index >= 15 is 0 Å². The van der Waals surface area contributed by atoms with E-state index in [-0.39, 0.29) is 0 Å². The summed E-state index contributed by atoms with van der Waals surface area (Å²) >= 11 is 0. The minimum atomic E-state index is 0.507. The molecule has 188 valence electrons. The van der Waals surface area contributed by atoms with Gasteiger partial charge in [0, 0.05) is 16.7 Å². The molecular formula is C36H28N2O. The van der Waals surface area contributed by atoms with Gasteiger partial charge in [0.05, 0.1) is 11.4 Å². The molecule has 0 N–H and O–H groups in total. The van der Waals surface area contributed by atoms with Crippen LogP contribution in [-0.4, -0.2) is 9.78 Å². The van der Waals surface area contributed by atoms with Gasteiger partial charge in [-0.2, -0.15) is 5.10 Å². The topological polar surface area (TPSA) is 27.1 Å². The fourth-order valence-corrected chi connectivity index (χ4v) is 4.74. The number of para-hydroxylation sites is 1. The predicted molar refractivity (Wildman–Crippen MR) is 161 cm³/mol. The molecule has 3 heteroatoms. The van der Waals surface area contributed by atoms with Crippen molar-refractivity contribution < 1.29 is 4.74 Å². The lowest BCUT2D eigenvalue weighted by atomic mass is 9.95. The van der Waals surface area contributed by atoms with Crippen molar-refractivity contribution in [1.29, 1.82) is 0 Å². The number of hydrogen-bond acceptors (Lipinski definition) is 2. The zero-order valence-corrected chi connectivity index (χ0v) is 21.6. The highest BCUT2D eigenvalue weighted by atomic mass is 16.5. The highest BCUT2D eigenvalue weighted by Gasteiger charge is 2.23. The lowest BCUT2D eigenvalue weighted by molar-refractivity contribution is 0.306. The Hall–Kier alpha value is -5.15. The minimum absolute atomic E-state index is 0.507. The third-order valence-electron chi connectivity index (χ3n) is 6.74. The van der Waals surface area contributed by atoms with Crippen molar-refractivity contribution in [2.24, 2.45) is 0 Å². The highest BCUT2D eigenvalue weighted by molar-refractivity contribution is 5.92. The first-order valence-corrected chi connectivity index (χ1v) is 13.0. The fourth-order valence-electron chi connectivity index (χ4n) is 4.74. The van der Waals surface area contributed by atoms with Gasteiger partial charge < -0.3 is 4.74 Å². The van der Waals surface area contributed by atoms with Gasteiger partial charge in [0.2, 0.25) is 0 Å². The van der Waals surface area contributed by atoms with Crippen molar-refractivity contribution in [2.75, 3.05) is 0 Å². The lowest BCUT2D eigenvalue weighted by Crippen LogP contribution is -1.99. The molecule has 6 aromatic rings. The van der Waals surface area contributed by atoms with E-state index in [0.29, 0.717) is 6.61 Å². The van der Waals surface area contributed by atoms with E-state index in [0.717, 1.165) is 56.2 Å². The Morgan fingerprint density at radius 3 is 1.82 bits per heavy atom. The smallest absolute Gasteiger partial charge is 0.119 e. The molecule has 0 aliphatic carbocycles. The third kappa shape index (κ3) is 5.16. The van der Waals surface area contributed by atoms with Crippen molar-refractivity contribution in [3.8, 4) is 45.1 Å². The molecule has 1 aromatic heterocycles. The Kier molecular flexibility index (Phi) is 6.87. The summed E-state index contributed by atoms with van der Waals surface area (Å²) in [6, 6.07) is 47.7. The van der Waals surface area contributed by atoms with E-state index in [1.54, 1.807) is 0 Å². The molecule has 0 atom stereocenters.